The van der Waals surface area contributed by atoms with E-state index in [4.69, 9.17) is 0 Å². The molecule has 0 spiro atoms. The van der Waals surface area contributed by atoms with Crippen molar-refractivity contribution in [3.8, 4) is 0 Å². The molecule has 0 aromatic heterocycles. The van der Waals surface area contributed by atoms with E-state index in [1.165, 1.54) is 17.7 Å². The SMILES string of the molecule is CN(C)CCC(c1ccccc1)N(C)c1ccc(F)cc1. The summed E-state index contributed by atoms with van der Waals surface area (Å²) in [7, 11) is 6.24. The molecule has 0 fully saturated rings. The first-order valence-corrected chi connectivity index (χ1v) is 7.26. The quantitative estimate of drug-likeness (QED) is 0.793. The predicted molar refractivity (Wildman–Crippen MR) is 87.2 cm³/mol. The molecule has 3 heteroatoms. The second-order valence-electron chi connectivity index (χ2n) is 5.61. The Morgan fingerprint density at radius 2 is 1.52 bits per heavy atom. The number of anilines is 1. The molecule has 0 saturated carbocycles. The van der Waals surface area contributed by atoms with Gasteiger partial charge in [0.2, 0.25) is 0 Å². The number of benzene rings is 2. The number of nitrogens with zero attached hydrogens (tertiary/aromatic N) is 2. The van der Waals surface area contributed by atoms with Gasteiger partial charge >= 0.3 is 0 Å². The molecular weight excluding hydrogens is 263 g/mol. The Kier molecular flexibility index (Phi) is 5.34. The first-order chi connectivity index (χ1) is 10.1. The van der Waals surface area contributed by atoms with Crippen LogP contribution in [0, 0.1) is 5.82 Å². The fourth-order valence-electron chi connectivity index (χ4n) is 2.50. The molecular formula is C18H23FN2. The van der Waals surface area contributed by atoms with Gasteiger partial charge in [0, 0.05) is 12.7 Å². The highest BCUT2D eigenvalue weighted by Gasteiger charge is 2.17. The summed E-state index contributed by atoms with van der Waals surface area (Å²) in [6.07, 6.45) is 1.02. The molecule has 1 atom stereocenters. The summed E-state index contributed by atoms with van der Waals surface area (Å²) >= 11 is 0. The fourth-order valence-corrected chi connectivity index (χ4v) is 2.50. The summed E-state index contributed by atoms with van der Waals surface area (Å²) in [5, 5.41) is 0. The normalized spacial score (nSPS) is 12.4. The van der Waals surface area contributed by atoms with Crippen LogP contribution in [0.25, 0.3) is 0 Å². The number of hydrogen-bond donors (Lipinski definition) is 0. The minimum Gasteiger partial charge on any atom is -0.367 e. The molecule has 0 N–H and O–H groups in total. The first-order valence-electron chi connectivity index (χ1n) is 7.26. The molecule has 2 aromatic carbocycles. The number of hydrogen-bond acceptors (Lipinski definition) is 2. The second kappa shape index (κ2) is 7.23. The van der Waals surface area contributed by atoms with Crippen molar-refractivity contribution in [2.75, 3.05) is 32.6 Å². The molecule has 0 radical (unpaired) electrons. The van der Waals surface area contributed by atoms with Crippen LogP contribution in [-0.2, 0) is 0 Å². The number of rotatable bonds is 6. The Hall–Kier alpha value is -1.87. The van der Waals surface area contributed by atoms with Crippen molar-refractivity contribution in [2.24, 2.45) is 0 Å². The van der Waals surface area contributed by atoms with E-state index in [2.05, 4.69) is 55.2 Å². The van der Waals surface area contributed by atoms with E-state index >= 15 is 0 Å². The van der Waals surface area contributed by atoms with Gasteiger partial charge in [0.1, 0.15) is 5.82 Å². The van der Waals surface area contributed by atoms with Gasteiger partial charge in [-0.3, -0.25) is 0 Å². The minimum atomic E-state index is -0.197. The van der Waals surface area contributed by atoms with Gasteiger partial charge in [-0.05, 0) is 56.9 Å². The summed E-state index contributed by atoms with van der Waals surface area (Å²) in [6, 6.07) is 17.4. The van der Waals surface area contributed by atoms with Gasteiger partial charge in [-0.15, -0.1) is 0 Å². The monoisotopic (exact) mass is 286 g/mol. The molecule has 0 aliphatic carbocycles. The molecule has 2 aromatic rings. The Morgan fingerprint density at radius 3 is 2.10 bits per heavy atom. The summed E-state index contributed by atoms with van der Waals surface area (Å²) in [5.74, 6) is -0.197. The topological polar surface area (TPSA) is 6.48 Å². The van der Waals surface area contributed by atoms with Crippen molar-refractivity contribution in [3.05, 3.63) is 66.0 Å². The Labute approximate surface area is 126 Å². The van der Waals surface area contributed by atoms with Gasteiger partial charge in [0.05, 0.1) is 6.04 Å². The van der Waals surface area contributed by atoms with Gasteiger partial charge in [-0.2, -0.15) is 0 Å². The van der Waals surface area contributed by atoms with Crippen molar-refractivity contribution in [3.63, 3.8) is 0 Å². The van der Waals surface area contributed by atoms with Crippen LogP contribution in [0.5, 0.6) is 0 Å². The Morgan fingerprint density at radius 1 is 0.905 bits per heavy atom. The number of halogens is 1. The fraction of sp³-hybridized carbons (Fsp3) is 0.333. The third-order valence-corrected chi connectivity index (χ3v) is 3.74. The van der Waals surface area contributed by atoms with Crippen LogP contribution in [0.15, 0.2) is 54.6 Å². The van der Waals surface area contributed by atoms with E-state index in [0.717, 1.165) is 18.7 Å². The van der Waals surface area contributed by atoms with Gasteiger partial charge in [-0.1, -0.05) is 30.3 Å². The molecule has 0 aliphatic rings. The van der Waals surface area contributed by atoms with Gasteiger partial charge in [0.25, 0.3) is 0 Å². The molecule has 0 saturated heterocycles. The molecule has 0 aliphatic heterocycles. The molecule has 21 heavy (non-hydrogen) atoms. The van der Waals surface area contributed by atoms with Crippen molar-refractivity contribution in [1.82, 2.24) is 4.90 Å². The van der Waals surface area contributed by atoms with Crippen LogP contribution in [0.1, 0.15) is 18.0 Å². The van der Waals surface area contributed by atoms with Crippen LogP contribution in [0.4, 0.5) is 10.1 Å². The van der Waals surface area contributed by atoms with E-state index < -0.39 is 0 Å². The average Bonchev–Trinajstić information content (AvgIpc) is 2.49. The van der Waals surface area contributed by atoms with E-state index in [1.807, 2.05) is 18.2 Å². The second-order valence-corrected chi connectivity index (χ2v) is 5.61. The highest BCUT2D eigenvalue weighted by Crippen LogP contribution is 2.28. The maximum atomic E-state index is 13.1. The first kappa shape index (κ1) is 15.5. The van der Waals surface area contributed by atoms with E-state index in [0.29, 0.717) is 0 Å². The summed E-state index contributed by atoms with van der Waals surface area (Å²) in [4.78, 5) is 4.41. The van der Waals surface area contributed by atoms with Gasteiger partial charge in [0.15, 0.2) is 0 Å². The predicted octanol–water partition coefficient (Wildman–Crippen LogP) is 3.95. The zero-order valence-electron chi connectivity index (χ0n) is 13.0. The summed E-state index contributed by atoms with van der Waals surface area (Å²) in [5.41, 5.74) is 2.31. The lowest BCUT2D eigenvalue weighted by molar-refractivity contribution is 0.379. The highest BCUT2D eigenvalue weighted by atomic mass is 19.1. The van der Waals surface area contributed by atoms with Crippen molar-refractivity contribution >= 4 is 5.69 Å². The van der Waals surface area contributed by atoms with Crippen LogP contribution in [-0.4, -0.2) is 32.6 Å². The standard InChI is InChI=1S/C18H23FN2/c1-20(2)14-13-18(15-7-5-4-6-8-15)21(3)17-11-9-16(19)10-12-17/h4-12,18H,13-14H2,1-3H3. The zero-order valence-corrected chi connectivity index (χ0v) is 13.0. The van der Waals surface area contributed by atoms with Crippen LogP contribution < -0.4 is 4.90 Å². The maximum Gasteiger partial charge on any atom is 0.123 e. The van der Waals surface area contributed by atoms with E-state index in [9.17, 15) is 4.39 Å². The summed E-state index contributed by atoms with van der Waals surface area (Å²) < 4.78 is 13.1. The molecule has 0 heterocycles. The van der Waals surface area contributed by atoms with E-state index in [1.54, 1.807) is 0 Å². The lowest BCUT2D eigenvalue weighted by Gasteiger charge is -2.31. The molecule has 1 unspecified atom stereocenters. The minimum absolute atomic E-state index is 0.197. The molecule has 0 bridgehead atoms. The summed E-state index contributed by atoms with van der Waals surface area (Å²) in [6.45, 7) is 1.01. The lowest BCUT2D eigenvalue weighted by atomic mass is 10.0. The molecule has 2 rings (SSSR count). The zero-order chi connectivity index (χ0) is 15.2. The van der Waals surface area contributed by atoms with Crippen LogP contribution in [0.2, 0.25) is 0 Å². The van der Waals surface area contributed by atoms with Crippen LogP contribution in [0.3, 0.4) is 0 Å². The molecule has 112 valence electrons. The third kappa shape index (κ3) is 4.30. The van der Waals surface area contributed by atoms with Crippen LogP contribution >= 0.6 is 0 Å². The molecule has 0 amide bonds. The maximum absolute atomic E-state index is 13.1. The van der Waals surface area contributed by atoms with Gasteiger partial charge < -0.3 is 9.80 Å². The van der Waals surface area contributed by atoms with Gasteiger partial charge in [-0.25, -0.2) is 4.39 Å². The third-order valence-electron chi connectivity index (χ3n) is 3.74. The average molecular weight is 286 g/mol. The van der Waals surface area contributed by atoms with Crippen molar-refractivity contribution in [1.29, 1.82) is 0 Å². The van der Waals surface area contributed by atoms with E-state index in [-0.39, 0.29) is 11.9 Å². The van der Waals surface area contributed by atoms with Crippen molar-refractivity contribution < 1.29 is 4.39 Å². The Bertz CT molecular complexity index is 537. The van der Waals surface area contributed by atoms with Crippen molar-refractivity contribution in [2.45, 2.75) is 12.5 Å². The smallest absolute Gasteiger partial charge is 0.123 e. The Balaban J connectivity index is 2.23. The molecule has 2 nitrogen and oxygen atoms in total. The highest BCUT2D eigenvalue weighted by molar-refractivity contribution is 5.48. The lowest BCUT2D eigenvalue weighted by Crippen LogP contribution is -2.27. The largest absolute Gasteiger partial charge is 0.367 e.